The first-order valence-electron chi connectivity index (χ1n) is 8.37. The van der Waals surface area contributed by atoms with Gasteiger partial charge in [-0.1, -0.05) is 24.3 Å². The Kier molecular flexibility index (Phi) is 4.94. The second kappa shape index (κ2) is 7.30. The topological polar surface area (TPSA) is 58.2 Å². The number of benzene rings is 2. The van der Waals surface area contributed by atoms with Gasteiger partial charge in [-0.25, -0.2) is 0 Å². The Morgan fingerprint density at radius 2 is 1.75 bits per heavy atom. The Labute approximate surface area is 142 Å². The van der Waals surface area contributed by atoms with Gasteiger partial charge in [0.05, 0.1) is 0 Å². The molecule has 2 amide bonds. The molecule has 2 aromatic carbocycles. The second-order valence-electron chi connectivity index (χ2n) is 6.27. The molecule has 4 heteroatoms. The van der Waals surface area contributed by atoms with Crippen LogP contribution in [-0.2, 0) is 11.2 Å². The molecular weight excluding hydrogens is 300 g/mol. The summed E-state index contributed by atoms with van der Waals surface area (Å²) in [7, 11) is 0. The van der Waals surface area contributed by atoms with Crippen LogP contribution in [0.2, 0.25) is 0 Å². The molecule has 4 nitrogen and oxygen atoms in total. The Bertz CT molecular complexity index is 734. The highest BCUT2D eigenvalue weighted by Gasteiger charge is 2.29. The monoisotopic (exact) mass is 322 g/mol. The molecule has 3 rings (SSSR count). The van der Waals surface area contributed by atoms with Crippen molar-refractivity contribution in [2.75, 3.05) is 11.9 Å². The van der Waals surface area contributed by atoms with Gasteiger partial charge in [-0.2, -0.15) is 0 Å². The second-order valence-corrected chi connectivity index (χ2v) is 6.27. The number of hydrogen-bond acceptors (Lipinski definition) is 2. The normalized spacial score (nSPS) is 13.4. The minimum absolute atomic E-state index is 0.0745. The molecule has 0 atom stereocenters. The Morgan fingerprint density at radius 1 is 1.04 bits per heavy atom. The average molecular weight is 322 g/mol. The molecule has 124 valence electrons. The van der Waals surface area contributed by atoms with Gasteiger partial charge in [0.1, 0.15) is 0 Å². The molecular formula is C20H22N2O2. The summed E-state index contributed by atoms with van der Waals surface area (Å²) in [5, 5.41) is 5.81. The quantitative estimate of drug-likeness (QED) is 0.857. The fraction of sp³-hybridized carbons (Fsp3) is 0.300. The Hall–Kier alpha value is -2.62. The maximum atomic E-state index is 12.2. The summed E-state index contributed by atoms with van der Waals surface area (Å²) in [6, 6.07) is 15.2. The van der Waals surface area contributed by atoms with Gasteiger partial charge in [0.2, 0.25) is 5.91 Å². The minimum atomic E-state index is -0.0938. The summed E-state index contributed by atoms with van der Waals surface area (Å²) >= 11 is 0. The van der Waals surface area contributed by atoms with Crippen LogP contribution in [0.25, 0.3) is 0 Å². The number of hydrogen-bond donors (Lipinski definition) is 2. The number of aryl methyl sites for hydroxylation is 1. The smallest absolute Gasteiger partial charge is 0.251 e. The zero-order valence-corrected chi connectivity index (χ0v) is 13.8. The lowest BCUT2D eigenvalue weighted by Crippen LogP contribution is -2.25. The van der Waals surface area contributed by atoms with Crippen molar-refractivity contribution in [3.05, 3.63) is 65.2 Å². The van der Waals surface area contributed by atoms with E-state index < -0.39 is 0 Å². The van der Waals surface area contributed by atoms with Crippen molar-refractivity contribution in [2.45, 2.75) is 26.2 Å². The van der Waals surface area contributed by atoms with Crippen LogP contribution in [0.1, 0.15) is 34.3 Å². The van der Waals surface area contributed by atoms with Gasteiger partial charge in [0.15, 0.2) is 0 Å². The predicted molar refractivity (Wildman–Crippen MR) is 95.0 cm³/mol. The van der Waals surface area contributed by atoms with Gasteiger partial charge in [0.25, 0.3) is 5.91 Å². The number of rotatable bonds is 6. The number of amides is 2. The molecule has 0 aromatic heterocycles. The lowest BCUT2D eigenvalue weighted by atomic mass is 10.1. The van der Waals surface area contributed by atoms with E-state index in [0.29, 0.717) is 12.1 Å². The highest BCUT2D eigenvalue weighted by atomic mass is 16.2. The molecule has 24 heavy (non-hydrogen) atoms. The summed E-state index contributed by atoms with van der Waals surface area (Å²) < 4.78 is 0. The van der Waals surface area contributed by atoms with Gasteiger partial charge in [0, 0.05) is 23.7 Å². The summed E-state index contributed by atoms with van der Waals surface area (Å²) in [6.45, 7) is 2.68. The van der Waals surface area contributed by atoms with Crippen molar-refractivity contribution in [3.8, 4) is 0 Å². The van der Waals surface area contributed by atoms with Gasteiger partial charge in [-0.3, -0.25) is 9.59 Å². The fourth-order valence-electron chi connectivity index (χ4n) is 2.60. The van der Waals surface area contributed by atoms with E-state index in [1.165, 1.54) is 11.1 Å². The van der Waals surface area contributed by atoms with Crippen molar-refractivity contribution < 1.29 is 9.59 Å². The third-order valence-corrected chi connectivity index (χ3v) is 4.30. The van der Waals surface area contributed by atoms with Crippen LogP contribution >= 0.6 is 0 Å². The van der Waals surface area contributed by atoms with E-state index in [9.17, 15) is 9.59 Å². The number of carbonyl (C=O) groups excluding carboxylic acids is 2. The standard InChI is InChI=1S/C20H22N2O2/c1-14-4-2-3-5-15(14)12-13-21-19(23)16-8-10-18(11-9-16)22-20(24)17-6-7-17/h2-5,8-11,17H,6-7,12-13H2,1H3,(H,21,23)(H,22,24). The third kappa shape index (κ3) is 4.22. The van der Waals surface area contributed by atoms with E-state index in [0.717, 1.165) is 24.9 Å². The maximum absolute atomic E-state index is 12.2. The highest BCUT2D eigenvalue weighted by molar-refractivity contribution is 5.96. The molecule has 0 spiro atoms. The summed E-state index contributed by atoms with van der Waals surface area (Å²) in [6.07, 6.45) is 2.77. The van der Waals surface area contributed by atoms with Crippen molar-refractivity contribution in [1.82, 2.24) is 5.32 Å². The first-order valence-corrected chi connectivity index (χ1v) is 8.37. The van der Waals surface area contributed by atoms with E-state index in [1.54, 1.807) is 24.3 Å². The lowest BCUT2D eigenvalue weighted by Gasteiger charge is -2.08. The molecule has 1 saturated carbocycles. The Balaban J connectivity index is 1.49. The van der Waals surface area contributed by atoms with Gasteiger partial charge in [-0.15, -0.1) is 0 Å². The van der Waals surface area contributed by atoms with E-state index in [1.807, 2.05) is 12.1 Å². The van der Waals surface area contributed by atoms with Crippen LogP contribution in [0.4, 0.5) is 5.69 Å². The molecule has 1 fully saturated rings. The number of anilines is 1. The molecule has 2 N–H and O–H groups in total. The van der Waals surface area contributed by atoms with Crippen molar-refractivity contribution in [3.63, 3.8) is 0 Å². The molecule has 1 aliphatic rings. The fourth-order valence-corrected chi connectivity index (χ4v) is 2.60. The van der Waals surface area contributed by atoms with E-state index >= 15 is 0 Å². The summed E-state index contributed by atoms with van der Waals surface area (Å²) in [4.78, 5) is 23.9. The number of carbonyl (C=O) groups is 2. The van der Waals surface area contributed by atoms with E-state index in [2.05, 4.69) is 29.7 Å². The SMILES string of the molecule is Cc1ccccc1CCNC(=O)c1ccc(NC(=O)C2CC2)cc1. The molecule has 0 radical (unpaired) electrons. The molecule has 2 aromatic rings. The van der Waals surface area contributed by atoms with Crippen LogP contribution in [0.5, 0.6) is 0 Å². The molecule has 0 heterocycles. The maximum Gasteiger partial charge on any atom is 0.251 e. The molecule has 0 unspecified atom stereocenters. The van der Waals surface area contributed by atoms with Gasteiger partial charge >= 0.3 is 0 Å². The molecule has 0 aliphatic heterocycles. The first kappa shape index (κ1) is 16.2. The summed E-state index contributed by atoms with van der Waals surface area (Å²) in [5.41, 5.74) is 3.83. The van der Waals surface area contributed by atoms with Gasteiger partial charge in [-0.05, 0) is 61.6 Å². The Morgan fingerprint density at radius 3 is 2.42 bits per heavy atom. The zero-order valence-electron chi connectivity index (χ0n) is 13.8. The third-order valence-electron chi connectivity index (χ3n) is 4.30. The van der Waals surface area contributed by atoms with Crippen LogP contribution < -0.4 is 10.6 Å². The van der Waals surface area contributed by atoms with Crippen LogP contribution in [0.3, 0.4) is 0 Å². The summed E-state index contributed by atoms with van der Waals surface area (Å²) in [5.74, 6) is 0.156. The number of nitrogens with one attached hydrogen (secondary N) is 2. The first-order chi connectivity index (χ1) is 11.6. The highest BCUT2D eigenvalue weighted by Crippen LogP contribution is 2.30. The van der Waals surface area contributed by atoms with Crippen LogP contribution in [0.15, 0.2) is 48.5 Å². The van der Waals surface area contributed by atoms with Crippen molar-refractivity contribution in [1.29, 1.82) is 0 Å². The van der Waals surface area contributed by atoms with Crippen LogP contribution in [-0.4, -0.2) is 18.4 Å². The van der Waals surface area contributed by atoms with Crippen molar-refractivity contribution in [2.24, 2.45) is 5.92 Å². The largest absolute Gasteiger partial charge is 0.352 e. The van der Waals surface area contributed by atoms with E-state index in [-0.39, 0.29) is 17.7 Å². The minimum Gasteiger partial charge on any atom is -0.352 e. The van der Waals surface area contributed by atoms with E-state index in [4.69, 9.17) is 0 Å². The average Bonchev–Trinajstić information content (AvgIpc) is 3.42. The molecule has 1 aliphatic carbocycles. The van der Waals surface area contributed by atoms with Crippen LogP contribution in [0, 0.1) is 12.8 Å². The molecule has 0 bridgehead atoms. The van der Waals surface area contributed by atoms with Crippen molar-refractivity contribution >= 4 is 17.5 Å². The predicted octanol–water partition coefficient (Wildman–Crippen LogP) is 3.32. The zero-order chi connectivity index (χ0) is 16.9. The lowest BCUT2D eigenvalue weighted by molar-refractivity contribution is -0.117. The van der Waals surface area contributed by atoms with Gasteiger partial charge < -0.3 is 10.6 Å². The molecule has 0 saturated heterocycles.